The van der Waals surface area contributed by atoms with Crippen LogP contribution in [0.4, 0.5) is 0 Å². The fraction of sp³-hybridized carbons (Fsp3) is 0.667. The summed E-state index contributed by atoms with van der Waals surface area (Å²) in [4.78, 5) is 9.19. The van der Waals surface area contributed by atoms with Crippen LogP contribution in [-0.4, -0.2) is 74.3 Å². The van der Waals surface area contributed by atoms with Crippen LogP contribution in [0.1, 0.15) is 103 Å². The number of thiocarbonyl (C=S) groups is 1. The SMILES string of the molecule is CC.CCC.Cc1ccc2c3ncc(C)cc3n(C(CCCCCSCSCN(C)C)CCCCCSC(=S)N(C)C)c2c1. The molecule has 2 aromatic heterocycles. The van der Waals surface area contributed by atoms with Crippen LogP contribution < -0.4 is 0 Å². The molecule has 1 unspecified atom stereocenters. The highest BCUT2D eigenvalue weighted by molar-refractivity contribution is 8.22. The molecule has 0 fully saturated rings. The van der Waals surface area contributed by atoms with Crippen LogP contribution >= 0.6 is 47.5 Å². The third kappa shape index (κ3) is 15.1. The Kier molecular flexibility index (Phi) is 22.7. The van der Waals surface area contributed by atoms with E-state index >= 15 is 0 Å². The van der Waals surface area contributed by atoms with E-state index in [0.29, 0.717) is 6.04 Å². The largest absolute Gasteiger partial charge is 0.364 e. The molecule has 8 heteroatoms. The molecule has 4 nitrogen and oxygen atoms in total. The fourth-order valence-electron chi connectivity index (χ4n) is 4.96. The molecule has 0 saturated carbocycles. The van der Waals surface area contributed by atoms with E-state index in [-0.39, 0.29) is 0 Å². The summed E-state index contributed by atoms with van der Waals surface area (Å²) in [6.45, 7) is 12.6. The summed E-state index contributed by atoms with van der Waals surface area (Å²) in [6, 6.07) is 9.74. The van der Waals surface area contributed by atoms with Crippen LogP contribution in [0.5, 0.6) is 0 Å². The van der Waals surface area contributed by atoms with Crippen LogP contribution in [0.2, 0.25) is 0 Å². The number of nitrogens with zero attached hydrogens (tertiary/aromatic N) is 4. The van der Waals surface area contributed by atoms with Gasteiger partial charge in [-0.15, -0.1) is 11.8 Å². The van der Waals surface area contributed by atoms with Crippen LogP contribution in [0.15, 0.2) is 30.5 Å². The van der Waals surface area contributed by atoms with E-state index in [0.717, 1.165) is 21.5 Å². The van der Waals surface area contributed by atoms with Gasteiger partial charge in [0.15, 0.2) is 0 Å². The summed E-state index contributed by atoms with van der Waals surface area (Å²) in [6.07, 6.45) is 13.4. The highest BCUT2D eigenvalue weighted by Crippen LogP contribution is 2.36. The molecule has 3 aromatic rings. The van der Waals surface area contributed by atoms with Gasteiger partial charge in [0.1, 0.15) is 4.32 Å². The molecule has 0 N–H and O–H groups in total. The zero-order chi connectivity index (χ0) is 32.9. The van der Waals surface area contributed by atoms with Gasteiger partial charge in [-0.1, -0.05) is 95.9 Å². The van der Waals surface area contributed by atoms with E-state index in [4.69, 9.17) is 17.2 Å². The molecule has 1 atom stereocenters. The minimum absolute atomic E-state index is 0.509. The Morgan fingerprint density at radius 2 is 1.45 bits per heavy atom. The van der Waals surface area contributed by atoms with Crippen molar-refractivity contribution in [3.8, 4) is 0 Å². The van der Waals surface area contributed by atoms with Gasteiger partial charge < -0.3 is 14.4 Å². The van der Waals surface area contributed by atoms with Crippen molar-refractivity contribution >= 4 is 73.8 Å². The Bertz CT molecular complexity index is 1130. The first-order chi connectivity index (χ1) is 21.2. The number of hydrogen-bond acceptors (Lipinski definition) is 6. The van der Waals surface area contributed by atoms with Gasteiger partial charge in [-0.2, -0.15) is 11.8 Å². The van der Waals surface area contributed by atoms with Crippen molar-refractivity contribution in [2.24, 2.45) is 0 Å². The second-order valence-corrected chi connectivity index (χ2v) is 15.9. The molecular formula is C36H62N4S4. The summed E-state index contributed by atoms with van der Waals surface area (Å²) in [5, 5.41) is 2.49. The predicted octanol–water partition coefficient (Wildman–Crippen LogP) is 11.4. The molecule has 44 heavy (non-hydrogen) atoms. The number of fused-ring (bicyclic) bond motifs is 3. The standard InChI is InChI=1S/C31H48N4S4.C3H8.C2H6/c1-24-15-16-27-28(19-24)35(29-20-25(2)21-32-30(27)29)26(14-10-8-12-18-39-31(36)34(5)6)13-9-7-11-17-37-23-38-22-33(3)4;1-3-2;1-2/h15-16,19-21,26H,7-14,17-18,22-23H2,1-6H3;3H2,1-2H3;1-2H3. The molecule has 0 saturated heterocycles. The summed E-state index contributed by atoms with van der Waals surface area (Å²) < 4.78 is 3.64. The van der Waals surface area contributed by atoms with Crippen molar-refractivity contribution in [1.82, 2.24) is 19.4 Å². The van der Waals surface area contributed by atoms with Gasteiger partial charge in [0.25, 0.3) is 0 Å². The first-order valence-electron chi connectivity index (χ1n) is 16.7. The van der Waals surface area contributed by atoms with Crippen LogP contribution in [0.3, 0.4) is 0 Å². The summed E-state index contributed by atoms with van der Waals surface area (Å²) in [5.41, 5.74) is 6.37. The lowest BCUT2D eigenvalue weighted by Gasteiger charge is -2.22. The third-order valence-corrected chi connectivity index (χ3v) is 11.3. The predicted molar refractivity (Wildman–Crippen MR) is 212 cm³/mol. The molecule has 2 heterocycles. The number of aromatic nitrogens is 2. The number of unbranched alkanes of at least 4 members (excludes halogenated alkanes) is 4. The summed E-state index contributed by atoms with van der Waals surface area (Å²) >= 11 is 11.4. The zero-order valence-electron chi connectivity index (χ0n) is 29.6. The van der Waals surface area contributed by atoms with E-state index < -0.39 is 0 Å². The van der Waals surface area contributed by atoms with Crippen molar-refractivity contribution in [2.75, 3.05) is 50.7 Å². The fourth-order valence-corrected chi connectivity index (χ4v) is 8.00. The number of benzene rings is 1. The van der Waals surface area contributed by atoms with Crippen LogP contribution in [0, 0.1) is 13.8 Å². The number of thioether (sulfide) groups is 3. The summed E-state index contributed by atoms with van der Waals surface area (Å²) in [5.74, 6) is 3.50. The first-order valence-corrected chi connectivity index (χ1v) is 20.4. The monoisotopic (exact) mass is 678 g/mol. The van der Waals surface area contributed by atoms with E-state index in [9.17, 15) is 0 Å². The highest BCUT2D eigenvalue weighted by atomic mass is 32.2. The lowest BCUT2D eigenvalue weighted by atomic mass is 10.0. The van der Waals surface area contributed by atoms with E-state index in [1.165, 1.54) is 96.2 Å². The van der Waals surface area contributed by atoms with Crippen molar-refractivity contribution < 1.29 is 0 Å². The van der Waals surface area contributed by atoms with Crippen molar-refractivity contribution in [3.63, 3.8) is 0 Å². The quantitative estimate of drug-likeness (QED) is 0.0796. The van der Waals surface area contributed by atoms with Crippen LogP contribution in [-0.2, 0) is 0 Å². The van der Waals surface area contributed by atoms with Gasteiger partial charge in [-0.05, 0) is 82.6 Å². The Hall–Kier alpha value is -0.930. The minimum Gasteiger partial charge on any atom is -0.364 e. The molecule has 1 aromatic carbocycles. The third-order valence-electron chi connectivity index (χ3n) is 6.91. The van der Waals surface area contributed by atoms with E-state index in [2.05, 4.69) is 87.3 Å². The molecular weight excluding hydrogens is 617 g/mol. The Labute approximate surface area is 289 Å². The van der Waals surface area contributed by atoms with Gasteiger partial charge >= 0.3 is 0 Å². The Morgan fingerprint density at radius 3 is 2.07 bits per heavy atom. The smallest absolute Gasteiger partial charge is 0.135 e. The molecule has 0 aliphatic rings. The zero-order valence-corrected chi connectivity index (χ0v) is 32.8. The molecule has 0 bridgehead atoms. The highest BCUT2D eigenvalue weighted by Gasteiger charge is 2.19. The normalized spacial score (nSPS) is 11.7. The lowest BCUT2D eigenvalue weighted by Crippen LogP contribution is -2.16. The van der Waals surface area contributed by atoms with E-state index in [1.807, 2.05) is 62.6 Å². The topological polar surface area (TPSA) is 24.3 Å². The maximum absolute atomic E-state index is 5.45. The van der Waals surface area contributed by atoms with Crippen molar-refractivity contribution in [1.29, 1.82) is 0 Å². The molecule has 0 aliphatic heterocycles. The molecule has 0 amide bonds. The maximum atomic E-state index is 5.45. The molecule has 250 valence electrons. The number of hydrogen-bond donors (Lipinski definition) is 0. The Balaban J connectivity index is 0.00000182. The maximum Gasteiger partial charge on any atom is 0.135 e. The molecule has 0 spiro atoms. The van der Waals surface area contributed by atoms with E-state index in [1.54, 1.807) is 0 Å². The second-order valence-electron chi connectivity index (χ2n) is 11.8. The lowest BCUT2D eigenvalue weighted by molar-refractivity contribution is 0.418. The van der Waals surface area contributed by atoms with Crippen molar-refractivity contribution in [3.05, 3.63) is 41.6 Å². The number of aryl methyl sites for hydroxylation is 2. The van der Waals surface area contributed by atoms with Crippen LogP contribution in [0.25, 0.3) is 21.9 Å². The Morgan fingerprint density at radius 1 is 0.841 bits per heavy atom. The minimum atomic E-state index is 0.509. The molecule has 0 radical (unpaired) electrons. The number of rotatable bonds is 17. The molecule has 0 aliphatic carbocycles. The average molecular weight is 679 g/mol. The van der Waals surface area contributed by atoms with Gasteiger partial charge in [-0.25, -0.2) is 0 Å². The van der Waals surface area contributed by atoms with Gasteiger partial charge in [0, 0.05) is 48.4 Å². The van der Waals surface area contributed by atoms with Gasteiger partial charge in [-0.3, -0.25) is 4.98 Å². The first kappa shape index (κ1) is 41.1. The average Bonchev–Trinajstić information content (AvgIpc) is 3.30. The second kappa shape index (κ2) is 24.3. The number of pyridine rings is 1. The summed E-state index contributed by atoms with van der Waals surface area (Å²) in [7, 11) is 8.35. The molecule has 3 rings (SSSR count). The van der Waals surface area contributed by atoms with Crippen molar-refractivity contribution in [2.45, 2.75) is 105 Å². The van der Waals surface area contributed by atoms with Gasteiger partial charge in [0.05, 0.1) is 16.6 Å². The van der Waals surface area contributed by atoms with Gasteiger partial charge in [0.2, 0.25) is 0 Å².